The number of hydrogen-bond donors (Lipinski definition) is 4. The van der Waals surface area contributed by atoms with Crippen LogP contribution in [0.15, 0.2) is 54.2 Å². The van der Waals surface area contributed by atoms with Gasteiger partial charge in [0.15, 0.2) is 0 Å². The molecule has 1 aromatic carbocycles. The molecule has 14 heteroatoms. The Kier molecular flexibility index (Phi) is 12.9. The second kappa shape index (κ2) is 16.5. The van der Waals surface area contributed by atoms with Crippen molar-refractivity contribution in [3.05, 3.63) is 65.3 Å². The van der Waals surface area contributed by atoms with Crippen LogP contribution in [0.25, 0.3) is 0 Å². The molecule has 2 amide bonds. The van der Waals surface area contributed by atoms with Crippen molar-refractivity contribution < 1.29 is 51.6 Å². The third-order valence-electron chi connectivity index (χ3n) is 9.25. The SMILES string of the molecule is CC(=O)OC(C)/C=C\C(=O)N[C@@H]1C[C@H](C)[C@H](C/C=C(C)/C=C/[C@H]2O[C@H](CC(=O)NCc3ccc(N)c(C(F)(F)F)c3)C[C@@]3(CO3)[C@@H]2O)O[C@@H]1C. The van der Waals surface area contributed by atoms with Gasteiger partial charge >= 0.3 is 12.1 Å². The van der Waals surface area contributed by atoms with E-state index in [1.807, 2.05) is 26.0 Å². The van der Waals surface area contributed by atoms with Gasteiger partial charge in [0.25, 0.3) is 0 Å². The molecule has 0 aliphatic carbocycles. The first-order valence-corrected chi connectivity index (χ1v) is 16.8. The zero-order valence-electron chi connectivity index (χ0n) is 29.0. The van der Waals surface area contributed by atoms with Crippen molar-refractivity contribution in [2.24, 2.45) is 5.92 Å². The summed E-state index contributed by atoms with van der Waals surface area (Å²) in [6.07, 6.45) is 2.46. The molecule has 4 rings (SSSR count). The largest absolute Gasteiger partial charge is 0.459 e. The average molecular weight is 708 g/mol. The van der Waals surface area contributed by atoms with Crippen LogP contribution in [0.5, 0.6) is 0 Å². The van der Waals surface area contributed by atoms with E-state index in [1.54, 1.807) is 13.0 Å². The van der Waals surface area contributed by atoms with Gasteiger partial charge < -0.3 is 40.4 Å². The van der Waals surface area contributed by atoms with Crippen molar-refractivity contribution >= 4 is 23.5 Å². The fourth-order valence-corrected chi connectivity index (χ4v) is 6.33. The van der Waals surface area contributed by atoms with E-state index in [2.05, 4.69) is 17.6 Å². The van der Waals surface area contributed by atoms with Crippen molar-refractivity contribution in [3.63, 3.8) is 0 Å². The quantitative estimate of drug-likeness (QED) is 0.0817. The molecular formula is C36H48F3N3O8. The number of ether oxygens (including phenoxy) is 4. The molecular weight excluding hydrogens is 659 g/mol. The van der Waals surface area contributed by atoms with Gasteiger partial charge in [0.1, 0.15) is 23.9 Å². The van der Waals surface area contributed by atoms with Crippen LogP contribution in [0.2, 0.25) is 0 Å². The molecule has 9 atom stereocenters. The third kappa shape index (κ3) is 10.9. The molecule has 0 radical (unpaired) electrons. The maximum atomic E-state index is 13.2. The van der Waals surface area contributed by atoms with Crippen LogP contribution in [-0.2, 0) is 46.1 Å². The number of nitrogens with two attached hydrogens (primary N) is 1. The zero-order chi connectivity index (χ0) is 36.8. The molecule has 0 bridgehead atoms. The normalized spacial score (nSPS) is 30.7. The summed E-state index contributed by atoms with van der Waals surface area (Å²) < 4.78 is 62.6. The summed E-state index contributed by atoms with van der Waals surface area (Å²) in [5, 5.41) is 16.6. The van der Waals surface area contributed by atoms with Crippen LogP contribution in [0, 0.1) is 5.92 Å². The number of carbonyl (C=O) groups excluding carboxylic acids is 3. The van der Waals surface area contributed by atoms with Gasteiger partial charge in [-0.25, -0.2) is 0 Å². The summed E-state index contributed by atoms with van der Waals surface area (Å²) >= 11 is 0. The number of hydrogen-bond acceptors (Lipinski definition) is 9. The number of carbonyl (C=O) groups is 3. The van der Waals surface area contributed by atoms with Crippen LogP contribution >= 0.6 is 0 Å². The molecule has 3 aliphatic heterocycles. The summed E-state index contributed by atoms with van der Waals surface area (Å²) in [6, 6.07) is 3.33. The Morgan fingerprint density at radius 2 is 1.90 bits per heavy atom. The van der Waals surface area contributed by atoms with Crippen molar-refractivity contribution in [2.75, 3.05) is 12.3 Å². The number of epoxide rings is 1. The third-order valence-corrected chi connectivity index (χ3v) is 9.25. The lowest BCUT2D eigenvalue weighted by Crippen LogP contribution is -2.50. The molecule has 5 N–H and O–H groups in total. The molecule has 3 fully saturated rings. The van der Waals surface area contributed by atoms with Crippen LogP contribution in [0.3, 0.4) is 0 Å². The van der Waals surface area contributed by atoms with Crippen molar-refractivity contribution in [1.29, 1.82) is 0 Å². The molecule has 1 aromatic rings. The fourth-order valence-electron chi connectivity index (χ4n) is 6.33. The maximum Gasteiger partial charge on any atom is 0.418 e. The highest BCUT2D eigenvalue weighted by Gasteiger charge is 2.58. The lowest BCUT2D eigenvalue weighted by Gasteiger charge is -2.39. The Hall–Kier alpha value is -3.72. The zero-order valence-corrected chi connectivity index (χ0v) is 29.0. The first-order valence-electron chi connectivity index (χ1n) is 16.8. The molecule has 50 heavy (non-hydrogen) atoms. The van der Waals surface area contributed by atoms with Crippen molar-refractivity contribution in [2.45, 2.75) is 121 Å². The number of allylic oxidation sites excluding steroid dienone is 2. The number of esters is 1. The topological polar surface area (TPSA) is 162 Å². The molecule has 3 heterocycles. The van der Waals surface area contributed by atoms with E-state index in [9.17, 15) is 32.7 Å². The highest BCUT2D eigenvalue weighted by molar-refractivity contribution is 5.87. The van der Waals surface area contributed by atoms with Crippen molar-refractivity contribution in [1.82, 2.24) is 10.6 Å². The van der Waals surface area contributed by atoms with E-state index in [0.29, 0.717) is 19.4 Å². The summed E-state index contributed by atoms with van der Waals surface area (Å²) in [5.74, 6) is -0.961. The number of aliphatic hydroxyl groups excluding tert-OH is 1. The van der Waals surface area contributed by atoms with E-state index < -0.39 is 53.6 Å². The molecule has 3 saturated heterocycles. The van der Waals surface area contributed by atoms with Gasteiger partial charge in [-0.3, -0.25) is 14.4 Å². The Bertz CT molecular complexity index is 1470. The highest BCUT2D eigenvalue weighted by Crippen LogP contribution is 2.43. The predicted octanol–water partition coefficient (Wildman–Crippen LogP) is 4.28. The summed E-state index contributed by atoms with van der Waals surface area (Å²) in [6.45, 7) is 9.11. The fraction of sp³-hybridized carbons (Fsp3) is 0.583. The van der Waals surface area contributed by atoms with Crippen LogP contribution in [0.4, 0.5) is 18.9 Å². The Morgan fingerprint density at radius 3 is 2.56 bits per heavy atom. The summed E-state index contributed by atoms with van der Waals surface area (Å²) in [4.78, 5) is 36.2. The number of rotatable bonds is 12. The number of halogens is 3. The van der Waals surface area contributed by atoms with Crippen LogP contribution in [0.1, 0.15) is 71.4 Å². The first kappa shape index (κ1) is 39.1. The molecule has 1 spiro atoms. The molecule has 11 nitrogen and oxygen atoms in total. The predicted molar refractivity (Wildman–Crippen MR) is 178 cm³/mol. The molecule has 0 aromatic heterocycles. The number of amides is 2. The first-order chi connectivity index (χ1) is 23.5. The minimum Gasteiger partial charge on any atom is -0.459 e. The van der Waals surface area contributed by atoms with E-state index in [4.69, 9.17) is 24.7 Å². The number of nitrogens with one attached hydrogen (secondary N) is 2. The Balaban J connectivity index is 1.27. The van der Waals surface area contributed by atoms with E-state index in [1.165, 1.54) is 25.1 Å². The molecule has 3 aliphatic rings. The van der Waals surface area contributed by atoms with E-state index in [-0.39, 0.29) is 54.3 Å². The average Bonchev–Trinajstić information content (AvgIpc) is 3.80. The second-order valence-electron chi connectivity index (χ2n) is 13.5. The number of nitrogen functional groups attached to an aromatic ring is 1. The van der Waals surface area contributed by atoms with Crippen LogP contribution in [-0.4, -0.2) is 77.8 Å². The van der Waals surface area contributed by atoms with Gasteiger partial charge in [-0.05, 0) is 63.3 Å². The Morgan fingerprint density at radius 1 is 1.18 bits per heavy atom. The van der Waals surface area contributed by atoms with Gasteiger partial charge in [0.05, 0.1) is 42.9 Å². The number of benzene rings is 1. The van der Waals surface area contributed by atoms with Gasteiger partial charge in [0.2, 0.25) is 11.8 Å². The van der Waals surface area contributed by atoms with Crippen LogP contribution < -0.4 is 16.4 Å². The number of aliphatic hydroxyl groups is 1. The number of alkyl halides is 3. The summed E-state index contributed by atoms with van der Waals surface area (Å²) in [7, 11) is 0. The standard InChI is InChI=1S/C36H48F3N3O8/c1-20(6-11-30-21(2)14-29(23(4)49-30)42-32(44)13-8-22(3)48-24(5)43)7-12-31-34(46)35(19-47-35)17-26(50-31)16-33(45)41-18-25-9-10-28(40)27(15-25)36(37,38)39/h6-10,12-13,15,21-23,26,29-31,34,46H,11,14,16-19,40H2,1-5H3,(H,41,45)(H,42,44)/b12-7+,13-8-,20-6+/t21-,22?,23+,26+,29+,30-,31+,34+,35+/m0/s1. The number of anilines is 1. The maximum absolute atomic E-state index is 13.2. The molecule has 0 saturated carbocycles. The monoisotopic (exact) mass is 707 g/mol. The lowest BCUT2D eigenvalue weighted by molar-refractivity contribution is -0.145. The van der Waals surface area contributed by atoms with Crippen molar-refractivity contribution in [3.8, 4) is 0 Å². The minimum atomic E-state index is -4.60. The smallest absolute Gasteiger partial charge is 0.418 e. The van der Waals surface area contributed by atoms with Gasteiger partial charge in [-0.2, -0.15) is 13.2 Å². The van der Waals surface area contributed by atoms with Gasteiger partial charge in [-0.1, -0.05) is 36.8 Å². The Labute approximate surface area is 290 Å². The van der Waals surface area contributed by atoms with E-state index in [0.717, 1.165) is 24.1 Å². The molecule has 1 unspecified atom stereocenters. The van der Waals surface area contributed by atoms with E-state index >= 15 is 0 Å². The lowest BCUT2D eigenvalue weighted by atomic mass is 9.87. The minimum absolute atomic E-state index is 0.0572. The molecule has 276 valence electrons. The second-order valence-corrected chi connectivity index (χ2v) is 13.5. The van der Waals surface area contributed by atoms with Gasteiger partial charge in [0, 0.05) is 31.7 Å². The summed E-state index contributed by atoms with van der Waals surface area (Å²) in [5.41, 5.74) is 4.49. The highest BCUT2D eigenvalue weighted by atomic mass is 19.4. The van der Waals surface area contributed by atoms with Gasteiger partial charge in [-0.15, -0.1) is 0 Å².